The molecule has 0 radical (unpaired) electrons. The van der Waals surface area contributed by atoms with E-state index in [1.807, 2.05) is 37.3 Å². The lowest BCUT2D eigenvalue weighted by molar-refractivity contribution is 0.104. The third-order valence-electron chi connectivity index (χ3n) is 2.42. The maximum atomic E-state index is 11.8. The zero-order chi connectivity index (χ0) is 12.1. The SMILES string of the molecule is Cc1cccc(C=CC(=O)c2cccnc2)c1. The molecule has 2 nitrogen and oxygen atoms in total. The number of aromatic nitrogens is 1. The number of carbonyl (C=O) groups is 1. The van der Waals surface area contributed by atoms with Gasteiger partial charge in [0.05, 0.1) is 0 Å². The van der Waals surface area contributed by atoms with E-state index in [1.165, 1.54) is 5.56 Å². The fraction of sp³-hybridized carbons (Fsp3) is 0.0667. The summed E-state index contributed by atoms with van der Waals surface area (Å²) in [4.78, 5) is 15.7. The molecule has 0 saturated heterocycles. The lowest BCUT2D eigenvalue weighted by atomic mass is 10.1. The van der Waals surface area contributed by atoms with Crippen LogP contribution in [0.3, 0.4) is 0 Å². The number of ketones is 1. The molecule has 2 heteroatoms. The lowest BCUT2D eigenvalue weighted by Gasteiger charge is -1.96. The van der Waals surface area contributed by atoms with Crippen LogP contribution < -0.4 is 0 Å². The van der Waals surface area contributed by atoms with E-state index in [2.05, 4.69) is 4.98 Å². The molecule has 2 rings (SSSR count). The summed E-state index contributed by atoms with van der Waals surface area (Å²) in [6, 6.07) is 11.5. The van der Waals surface area contributed by atoms with Crippen LogP contribution in [-0.4, -0.2) is 10.8 Å². The van der Waals surface area contributed by atoms with Crippen LogP contribution in [0.4, 0.5) is 0 Å². The second-order valence-corrected chi connectivity index (χ2v) is 3.85. The standard InChI is InChI=1S/C15H13NO/c1-12-4-2-5-13(10-12)7-8-15(17)14-6-3-9-16-11-14/h2-11H,1H3. The summed E-state index contributed by atoms with van der Waals surface area (Å²) in [5.74, 6) is -0.0281. The van der Waals surface area contributed by atoms with Gasteiger partial charge in [-0.05, 0) is 30.7 Å². The summed E-state index contributed by atoms with van der Waals surface area (Å²) in [5, 5.41) is 0. The van der Waals surface area contributed by atoms with Crippen molar-refractivity contribution in [3.63, 3.8) is 0 Å². The first-order valence-electron chi connectivity index (χ1n) is 5.45. The second-order valence-electron chi connectivity index (χ2n) is 3.85. The minimum atomic E-state index is -0.0281. The Hall–Kier alpha value is -2.22. The normalized spacial score (nSPS) is 10.6. The monoisotopic (exact) mass is 223 g/mol. The van der Waals surface area contributed by atoms with E-state index >= 15 is 0 Å². The molecule has 0 N–H and O–H groups in total. The Bertz CT molecular complexity index is 544. The summed E-state index contributed by atoms with van der Waals surface area (Å²) in [5.41, 5.74) is 2.82. The average molecular weight is 223 g/mol. The highest BCUT2D eigenvalue weighted by atomic mass is 16.1. The summed E-state index contributed by atoms with van der Waals surface area (Å²) in [6.07, 6.45) is 6.62. The van der Waals surface area contributed by atoms with Crippen LogP contribution in [-0.2, 0) is 0 Å². The van der Waals surface area contributed by atoms with Gasteiger partial charge in [0.15, 0.2) is 5.78 Å². The molecule has 0 fully saturated rings. The molecule has 0 aliphatic rings. The van der Waals surface area contributed by atoms with Crippen molar-refractivity contribution >= 4 is 11.9 Å². The van der Waals surface area contributed by atoms with Crippen molar-refractivity contribution in [3.8, 4) is 0 Å². The Morgan fingerprint density at radius 3 is 2.82 bits per heavy atom. The van der Waals surface area contributed by atoms with Crippen molar-refractivity contribution in [1.82, 2.24) is 4.98 Å². The quantitative estimate of drug-likeness (QED) is 0.590. The molecule has 84 valence electrons. The van der Waals surface area contributed by atoms with E-state index in [0.29, 0.717) is 5.56 Å². The molecule has 1 aromatic heterocycles. The second kappa shape index (κ2) is 5.21. The van der Waals surface area contributed by atoms with Gasteiger partial charge in [-0.15, -0.1) is 0 Å². The van der Waals surface area contributed by atoms with Gasteiger partial charge in [-0.2, -0.15) is 0 Å². The van der Waals surface area contributed by atoms with Crippen LogP contribution in [0.1, 0.15) is 21.5 Å². The third kappa shape index (κ3) is 3.11. The van der Waals surface area contributed by atoms with Crippen molar-refractivity contribution in [2.24, 2.45) is 0 Å². The van der Waals surface area contributed by atoms with Crippen molar-refractivity contribution in [2.75, 3.05) is 0 Å². The fourth-order valence-electron chi connectivity index (χ4n) is 1.55. The smallest absolute Gasteiger partial charge is 0.187 e. The molecule has 0 bridgehead atoms. The Morgan fingerprint density at radius 2 is 2.12 bits per heavy atom. The molecule has 0 spiro atoms. The van der Waals surface area contributed by atoms with E-state index in [4.69, 9.17) is 0 Å². The van der Waals surface area contributed by atoms with Gasteiger partial charge in [0.25, 0.3) is 0 Å². The Kier molecular flexibility index (Phi) is 3.46. The van der Waals surface area contributed by atoms with Gasteiger partial charge in [-0.25, -0.2) is 0 Å². The van der Waals surface area contributed by atoms with Crippen LogP contribution in [0.15, 0.2) is 54.9 Å². The van der Waals surface area contributed by atoms with E-state index in [0.717, 1.165) is 5.56 Å². The number of pyridine rings is 1. The molecule has 0 aliphatic heterocycles. The Labute approximate surface area is 101 Å². The minimum Gasteiger partial charge on any atom is -0.289 e. The van der Waals surface area contributed by atoms with Crippen molar-refractivity contribution in [2.45, 2.75) is 6.92 Å². The van der Waals surface area contributed by atoms with Gasteiger partial charge in [-0.1, -0.05) is 35.9 Å². The molecule has 0 atom stereocenters. The van der Waals surface area contributed by atoms with Gasteiger partial charge < -0.3 is 0 Å². The zero-order valence-corrected chi connectivity index (χ0v) is 9.63. The van der Waals surface area contributed by atoms with Crippen molar-refractivity contribution < 1.29 is 4.79 Å². The largest absolute Gasteiger partial charge is 0.289 e. The number of hydrogen-bond acceptors (Lipinski definition) is 2. The van der Waals surface area contributed by atoms with Crippen LogP contribution in [0.25, 0.3) is 6.08 Å². The van der Waals surface area contributed by atoms with E-state index in [9.17, 15) is 4.79 Å². The Balaban J connectivity index is 2.14. The molecule has 0 amide bonds. The van der Waals surface area contributed by atoms with E-state index < -0.39 is 0 Å². The molecular formula is C15H13NO. The number of nitrogens with zero attached hydrogens (tertiary/aromatic N) is 1. The van der Waals surface area contributed by atoms with Gasteiger partial charge in [-0.3, -0.25) is 9.78 Å². The van der Waals surface area contributed by atoms with Crippen LogP contribution in [0, 0.1) is 6.92 Å². The van der Waals surface area contributed by atoms with Gasteiger partial charge >= 0.3 is 0 Å². The van der Waals surface area contributed by atoms with Crippen LogP contribution >= 0.6 is 0 Å². The molecule has 2 aromatic rings. The molecule has 1 heterocycles. The topological polar surface area (TPSA) is 30.0 Å². The van der Waals surface area contributed by atoms with E-state index in [-0.39, 0.29) is 5.78 Å². The van der Waals surface area contributed by atoms with Crippen molar-refractivity contribution in [3.05, 3.63) is 71.6 Å². The minimum absolute atomic E-state index is 0.0281. The van der Waals surface area contributed by atoms with Gasteiger partial charge in [0, 0.05) is 18.0 Å². The predicted octanol–water partition coefficient (Wildman–Crippen LogP) is 3.29. The number of allylic oxidation sites excluding steroid dienone is 1. The molecule has 17 heavy (non-hydrogen) atoms. The predicted molar refractivity (Wildman–Crippen MR) is 68.8 cm³/mol. The van der Waals surface area contributed by atoms with Crippen molar-refractivity contribution in [1.29, 1.82) is 0 Å². The number of aryl methyl sites for hydroxylation is 1. The van der Waals surface area contributed by atoms with Gasteiger partial charge in [0.1, 0.15) is 0 Å². The zero-order valence-electron chi connectivity index (χ0n) is 9.63. The van der Waals surface area contributed by atoms with Gasteiger partial charge in [0.2, 0.25) is 0 Å². The molecule has 0 unspecified atom stereocenters. The number of rotatable bonds is 3. The maximum absolute atomic E-state index is 11.8. The number of hydrogen-bond donors (Lipinski definition) is 0. The third-order valence-corrected chi connectivity index (χ3v) is 2.42. The molecular weight excluding hydrogens is 210 g/mol. The maximum Gasteiger partial charge on any atom is 0.187 e. The average Bonchev–Trinajstić information content (AvgIpc) is 2.37. The molecule has 0 aliphatic carbocycles. The number of carbonyl (C=O) groups excluding carboxylic acids is 1. The summed E-state index contributed by atoms with van der Waals surface area (Å²) >= 11 is 0. The summed E-state index contributed by atoms with van der Waals surface area (Å²) < 4.78 is 0. The highest BCUT2D eigenvalue weighted by Crippen LogP contribution is 2.07. The van der Waals surface area contributed by atoms with E-state index in [1.54, 1.807) is 30.6 Å². The fourth-order valence-corrected chi connectivity index (χ4v) is 1.55. The highest BCUT2D eigenvalue weighted by molar-refractivity contribution is 6.06. The van der Waals surface area contributed by atoms with Crippen LogP contribution in [0.2, 0.25) is 0 Å². The number of benzene rings is 1. The first-order valence-corrected chi connectivity index (χ1v) is 5.45. The summed E-state index contributed by atoms with van der Waals surface area (Å²) in [7, 11) is 0. The first-order chi connectivity index (χ1) is 8.25. The van der Waals surface area contributed by atoms with Crippen LogP contribution in [0.5, 0.6) is 0 Å². The molecule has 0 saturated carbocycles. The first kappa shape index (κ1) is 11.3. The Morgan fingerprint density at radius 1 is 1.24 bits per heavy atom. The lowest BCUT2D eigenvalue weighted by Crippen LogP contribution is -1.93. The summed E-state index contributed by atoms with van der Waals surface area (Å²) in [6.45, 7) is 2.03. The molecule has 1 aromatic carbocycles. The highest BCUT2D eigenvalue weighted by Gasteiger charge is 1.99.